The largest absolute Gasteiger partial charge is 0.490 e. The average molecular weight is 268 g/mol. The number of methoxy groups -OCH3 is 1. The van der Waals surface area contributed by atoms with Gasteiger partial charge in [-0.25, -0.2) is 0 Å². The zero-order valence-electron chi connectivity index (χ0n) is 11.3. The minimum Gasteiger partial charge on any atom is -0.490 e. The molecule has 1 N–H and O–H groups in total. The molecule has 1 aromatic rings. The number of carbonyl (C=O) groups is 1. The Morgan fingerprint density at radius 1 is 1.32 bits per heavy atom. The van der Waals surface area contributed by atoms with Gasteiger partial charge in [-0.2, -0.15) is 0 Å². The molecule has 0 saturated heterocycles. The molecule has 0 aliphatic rings. The van der Waals surface area contributed by atoms with Gasteiger partial charge in [0.2, 0.25) is 0 Å². The van der Waals surface area contributed by atoms with Crippen LogP contribution < -0.4 is 9.47 Å². The highest BCUT2D eigenvalue weighted by molar-refractivity contribution is 5.69. The van der Waals surface area contributed by atoms with E-state index in [9.17, 15) is 9.90 Å². The van der Waals surface area contributed by atoms with Gasteiger partial charge >= 0.3 is 5.97 Å². The lowest BCUT2D eigenvalue weighted by atomic mass is 10.2. The predicted octanol–water partition coefficient (Wildman–Crippen LogP) is 1.91. The van der Waals surface area contributed by atoms with Gasteiger partial charge in [0.15, 0.2) is 11.5 Å². The van der Waals surface area contributed by atoms with Gasteiger partial charge in [-0.05, 0) is 19.4 Å². The number of para-hydroxylation sites is 1. The zero-order valence-corrected chi connectivity index (χ0v) is 11.3. The van der Waals surface area contributed by atoms with Crippen LogP contribution in [0.4, 0.5) is 0 Å². The van der Waals surface area contributed by atoms with Gasteiger partial charge in [0.05, 0.1) is 26.9 Å². The Labute approximate surface area is 113 Å². The first-order valence-corrected chi connectivity index (χ1v) is 6.28. The Morgan fingerprint density at radius 3 is 2.74 bits per heavy atom. The van der Waals surface area contributed by atoms with Crippen molar-refractivity contribution < 1.29 is 24.1 Å². The molecule has 0 spiro atoms. The third kappa shape index (κ3) is 4.79. The molecule has 0 fully saturated rings. The third-order valence-electron chi connectivity index (χ3n) is 2.53. The molecular weight excluding hydrogens is 248 g/mol. The van der Waals surface area contributed by atoms with Crippen LogP contribution in [0.1, 0.15) is 25.3 Å². The second-order valence-electron chi connectivity index (χ2n) is 3.86. The molecule has 5 nitrogen and oxygen atoms in total. The minimum atomic E-state index is -0.260. The maximum Gasteiger partial charge on any atom is 0.305 e. The topological polar surface area (TPSA) is 65.0 Å². The van der Waals surface area contributed by atoms with Crippen LogP contribution in [0, 0.1) is 0 Å². The van der Waals surface area contributed by atoms with E-state index >= 15 is 0 Å². The lowest BCUT2D eigenvalue weighted by molar-refractivity contribution is -0.140. The molecule has 0 heterocycles. The number of hydrogen-bond donors (Lipinski definition) is 1. The SMILES string of the molecule is CCOc1cccc(CO)c1OCCCC(=O)OC. The van der Waals surface area contributed by atoms with Crippen molar-refractivity contribution in [1.82, 2.24) is 0 Å². The Kier molecular flexibility index (Phi) is 6.74. The molecule has 0 bridgehead atoms. The fourth-order valence-corrected chi connectivity index (χ4v) is 1.61. The van der Waals surface area contributed by atoms with Crippen molar-refractivity contribution in [2.45, 2.75) is 26.4 Å². The first kappa shape index (κ1) is 15.3. The number of aliphatic hydroxyl groups excluding tert-OH is 1. The first-order valence-electron chi connectivity index (χ1n) is 6.28. The standard InChI is InChI=1S/C14H20O5/c1-3-18-12-7-4-6-11(10-15)14(12)19-9-5-8-13(16)17-2/h4,6-7,15H,3,5,8-10H2,1-2H3. The number of rotatable bonds is 8. The van der Waals surface area contributed by atoms with Crippen LogP contribution in [0.5, 0.6) is 11.5 Å². The minimum absolute atomic E-state index is 0.118. The molecule has 0 aliphatic carbocycles. The molecule has 0 atom stereocenters. The van der Waals surface area contributed by atoms with Crippen LogP contribution in [0.25, 0.3) is 0 Å². The summed E-state index contributed by atoms with van der Waals surface area (Å²) >= 11 is 0. The van der Waals surface area contributed by atoms with Crippen LogP contribution in [-0.4, -0.2) is 31.4 Å². The van der Waals surface area contributed by atoms with Crippen molar-refractivity contribution in [3.63, 3.8) is 0 Å². The first-order chi connectivity index (χ1) is 9.22. The van der Waals surface area contributed by atoms with Gasteiger partial charge < -0.3 is 19.3 Å². The number of benzene rings is 1. The lowest BCUT2D eigenvalue weighted by Gasteiger charge is -2.14. The normalized spacial score (nSPS) is 10.1. The van der Waals surface area contributed by atoms with Gasteiger partial charge in [0, 0.05) is 12.0 Å². The summed E-state index contributed by atoms with van der Waals surface area (Å²) in [5.74, 6) is 0.882. The van der Waals surface area contributed by atoms with E-state index in [1.165, 1.54) is 7.11 Å². The predicted molar refractivity (Wildman–Crippen MR) is 70.3 cm³/mol. The molecule has 19 heavy (non-hydrogen) atoms. The van der Waals surface area contributed by atoms with E-state index in [4.69, 9.17) is 9.47 Å². The van der Waals surface area contributed by atoms with Crippen LogP contribution in [0.2, 0.25) is 0 Å². The van der Waals surface area contributed by atoms with E-state index < -0.39 is 0 Å². The Hall–Kier alpha value is -1.75. The molecule has 0 radical (unpaired) electrons. The lowest BCUT2D eigenvalue weighted by Crippen LogP contribution is -2.07. The second kappa shape index (κ2) is 8.37. The molecule has 5 heteroatoms. The summed E-state index contributed by atoms with van der Waals surface area (Å²) in [4.78, 5) is 11.0. The number of hydrogen-bond acceptors (Lipinski definition) is 5. The average Bonchev–Trinajstić information content (AvgIpc) is 2.44. The van der Waals surface area contributed by atoms with E-state index in [1.54, 1.807) is 18.2 Å². The van der Waals surface area contributed by atoms with Crippen molar-refractivity contribution in [3.8, 4) is 11.5 Å². The molecule has 0 unspecified atom stereocenters. The summed E-state index contributed by atoms with van der Waals surface area (Å²) in [6.07, 6.45) is 0.861. The Bertz CT molecular complexity index is 403. The summed E-state index contributed by atoms with van der Waals surface area (Å²) in [5, 5.41) is 9.28. The Balaban J connectivity index is 2.61. The summed E-state index contributed by atoms with van der Waals surface area (Å²) in [7, 11) is 1.36. The molecule has 106 valence electrons. The quantitative estimate of drug-likeness (QED) is 0.576. The van der Waals surface area contributed by atoms with Crippen LogP contribution in [0.3, 0.4) is 0 Å². The molecule has 0 aromatic heterocycles. The summed E-state index contributed by atoms with van der Waals surface area (Å²) in [5.41, 5.74) is 0.670. The molecule has 0 saturated carbocycles. The van der Waals surface area contributed by atoms with E-state index in [-0.39, 0.29) is 12.6 Å². The molecule has 0 aliphatic heterocycles. The van der Waals surface area contributed by atoms with Gasteiger partial charge in [-0.15, -0.1) is 0 Å². The van der Waals surface area contributed by atoms with Gasteiger partial charge in [-0.1, -0.05) is 12.1 Å². The number of ether oxygens (including phenoxy) is 3. The van der Waals surface area contributed by atoms with Crippen molar-refractivity contribution in [1.29, 1.82) is 0 Å². The highest BCUT2D eigenvalue weighted by atomic mass is 16.5. The molecular formula is C14H20O5. The van der Waals surface area contributed by atoms with Gasteiger partial charge in [-0.3, -0.25) is 4.79 Å². The Morgan fingerprint density at radius 2 is 2.11 bits per heavy atom. The molecule has 1 aromatic carbocycles. The fourth-order valence-electron chi connectivity index (χ4n) is 1.61. The highest BCUT2D eigenvalue weighted by Crippen LogP contribution is 2.31. The van der Waals surface area contributed by atoms with Crippen LogP contribution in [0.15, 0.2) is 18.2 Å². The number of carbonyl (C=O) groups excluding carboxylic acids is 1. The van der Waals surface area contributed by atoms with E-state index in [2.05, 4.69) is 4.74 Å². The fraction of sp³-hybridized carbons (Fsp3) is 0.500. The van der Waals surface area contributed by atoms with Crippen LogP contribution >= 0.6 is 0 Å². The van der Waals surface area contributed by atoms with Crippen molar-refractivity contribution in [2.24, 2.45) is 0 Å². The molecule has 0 amide bonds. The van der Waals surface area contributed by atoms with E-state index in [0.717, 1.165) is 0 Å². The van der Waals surface area contributed by atoms with Crippen molar-refractivity contribution in [2.75, 3.05) is 20.3 Å². The maximum atomic E-state index is 11.0. The smallest absolute Gasteiger partial charge is 0.305 e. The second-order valence-corrected chi connectivity index (χ2v) is 3.86. The van der Waals surface area contributed by atoms with E-state index in [1.807, 2.05) is 6.92 Å². The summed E-state index contributed by atoms with van der Waals surface area (Å²) in [6.45, 7) is 2.65. The summed E-state index contributed by atoms with van der Waals surface area (Å²) in [6, 6.07) is 5.37. The third-order valence-corrected chi connectivity index (χ3v) is 2.53. The van der Waals surface area contributed by atoms with Crippen molar-refractivity contribution in [3.05, 3.63) is 23.8 Å². The summed E-state index contributed by atoms with van der Waals surface area (Å²) < 4.78 is 15.6. The van der Waals surface area contributed by atoms with Crippen LogP contribution in [-0.2, 0) is 16.1 Å². The highest BCUT2D eigenvalue weighted by Gasteiger charge is 2.10. The van der Waals surface area contributed by atoms with Gasteiger partial charge in [0.1, 0.15) is 0 Å². The zero-order chi connectivity index (χ0) is 14.1. The number of esters is 1. The maximum absolute atomic E-state index is 11.0. The molecule has 1 rings (SSSR count). The monoisotopic (exact) mass is 268 g/mol. The number of aliphatic hydroxyl groups is 1. The van der Waals surface area contributed by atoms with Gasteiger partial charge in [0.25, 0.3) is 0 Å². The van der Waals surface area contributed by atoms with E-state index in [0.29, 0.717) is 43.1 Å². The van der Waals surface area contributed by atoms with Crippen molar-refractivity contribution >= 4 is 5.97 Å².